The standard InChI is InChI=1S/C24H24N2O5S/c1-15(27)16-6-8-17(9-7-16)25-22(28)14-32-19-12-10-18(11-13-19)26-23(29)20-4-2-3-5-21(20)24(30)31/h2-3,6-13,20-21H,4-5,14H2,1H3,(H,25,28)(H,26,29)(H,30,31). The number of carbonyl (C=O) groups excluding carboxylic acids is 3. The third-order valence-corrected chi connectivity index (χ3v) is 6.17. The second-order valence-electron chi connectivity index (χ2n) is 7.48. The molecule has 1 aliphatic carbocycles. The SMILES string of the molecule is CC(=O)c1ccc(NC(=O)CSc2ccc(NC(=O)C3CC=CCC3C(=O)O)cc2)cc1. The Labute approximate surface area is 190 Å². The van der Waals surface area contributed by atoms with E-state index >= 15 is 0 Å². The first kappa shape index (κ1) is 23.3. The van der Waals surface area contributed by atoms with Crippen molar-refractivity contribution in [3.05, 3.63) is 66.2 Å². The van der Waals surface area contributed by atoms with Crippen LogP contribution in [0.5, 0.6) is 0 Å². The number of aliphatic carboxylic acids is 1. The van der Waals surface area contributed by atoms with Crippen molar-refractivity contribution in [2.24, 2.45) is 11.8 Å². The van der Waals surface area contributed by atoms with Crippen LogP contribution >= 0.6 is 11.8 Å². The molecule has 0 bridgehead atoms. The molecule has 0 saturated heterocycles. The summed E-state index contributed by atoms with van der Waals surface area (Å²) in [6.07, 6.45) is 4.40. The number of carboxylic acids is 1. The number of ketones is 1. The number of nitrogens with one attached hydrogen (secondary N) is 2. The van der Waals surface area contributed by atoms with Crippen molar-refractivity contribution in [3.8, 4) is 0 Å². The van der Waals surface area contributed by atoms with E-state index in [4.69, 9.17) is 0 Å². The molecule has 2 aromatic rings. The molecule has 2 aromatic carbocycles. The van der Waals surface area contributed by atoms with E-state index < -0.39 is 17.8 Å². The minimum absolute atomic E-state index is 0.0321. The monoisotopic (exact) mass is 452 g/mol. The average molecular weight is 453 g/mol. The molecule has 3 N–H and O–H groups in total. The summed E-state index contributed by atoms with van der Waals surface area (Å²) in [6.45, 7) is 1.49. The summed E-state index contributed by atoms with van der Waals surface area (Å²) in [5, 5.41) is 14.9. The van der Waals surface area contributed by atoms with Gasteiger partial charge in [0.1, 0.15) is 0 Å². The number of hydrogen-bond donors (Lipinski definition) is 3. The topological polar surface area (TPSA) is 113 Å². The second-order valence-corrected chi connectivity index (χ2v) is 8.53. The molecule has 3 rings (SSSR count). The third kappa shape index (κ3) is 6.31. The van der Waals surface area contributed by atoms with Crippen LogP contribution in [0.15, 0.2) is 65.6 Å². The minimum Gasteiger partial charge on any atom is -0.481 e. The van der Waals surface area contributed by atoms with E-state index in [1.54, 1.807) is 54.6 Å². The highest BCUT2D eigenvalue weighted by Crippen LogP contribution is 2.28. The lowest BCUT2D eigenvalue weighted by Gasteiger charge is -2.24. The molecule has 0 saturated carbocycles. The quantitative estimate of drug-likeness (QED) is 0.314. The molecule has 32 heavy (non-hydrogen) atoms. The molecule has 0 spiro atoms. The van der Waals surface area contributed by atoms with Gasteiger partial charge < -0.3 is 15.7 Å². The Bertz CT molecular complexity index is 1030. The lowest BCUT2D eigenvalue weighted by atomic mass is 9.82. The fourth-order valence-electron chi connectivity index (χ4n) is 3.38. The van der Waals surface area contributed by atoms with Gasteiger partial charge in [0.15, 0.2) is 5.78 Å². The fourth-order valence-corrected chi connectivity index (χ4v) is 4.08. The number of allylic oxidation sites excluding steroid dienone is 2. The van der Waals surface area contributed by atoms with Gasteiger partial charge in [0, 0.05) is 21.8 Å². The van der Waals surface area contributed by atoms with E-state index in [0.717, 1.165) is 4.90 Å². The van der Waals surface area contributed by atoms with E-state index in [-0.39, 0.29) is 23.4 Å². The van der Waals surface area contributed by atoms with E-state index in [1.165, 1.54) is 18.7 Å². The summed E-state index contributed by atoms with van der Waals surface area (Å²) in [5.41, 5.74) is 1.78. The van der Waals surface area contributed by atoms with Crippen LogP contribution in [0.25, 0.3) is 0 Å². The molecule has 2 atom stereocenters. The predicted octanol–water partition coefficient (Wildman–Crippen LogP) is 4.23. The van der Waals surface area contributed by atoms with E-state index in [2.05, 4.69) is 10.6 Å². The number of hydrogen-bond acceptors (Lipinski definition) is 5. The molecule has 7 nitrogen and oxygen atoms in total. The van der Waals surface area contributed by atoms with Crippen molar-refractivity contribution < 1.29 is 24.3 Å². The Balaban J connectivity index is 1.49. The molecule has 166 valence electrons. The Hall–Kier alpha value is -3.39. The lowest BCUT2D eigenvalue weighted by Crippen LogP contribution is -2.34. The van der Waals surface area contributed by atoms with Crippen LogP contribution in [0.4, 0.5) is 11.4 Å². The average Bonchev–Trinajstić information content (AvgIpc) is 2.79. The summed E-state index contributed by atoms with van der Waals surface area (Å²) in [7, 11) is 0. The highest BCUT2D eigenvalue weighted by atomic mass is 32.2. The maximum Gasteiger partial charge on any atom is 0.307 e. The minimum atomic E-state index is -0.964. The van der Waals surface area contributed by atoms with Crippen LogP contribution in [0.3, 0.4) is 0 Å². The molecular formula is C24H24N2O5S. The number of thioether (sulfide) groups is 1. The van der Waals surface area contributed by atoms with Gasteiger partial charge in [-0.3, -0.25) is 19.2 Å². The molecule has 0 radical (unpaired) electrons. The fraction of sp³-hybridized carbons (Fsp3) is 0.250. The molecule has 0 aliphatic heterocycles. The van der Waals surface area contributed by atoms with Gasteiger partial charge in [0.2, 0.25) is 11.8 Å². The molecule has 2 amide bonds. The first-order valence-electron chi connectivity index (χ1n) is 10.2. The van der Waals surface area contributed by atoms with Gasteiger partial charge in [-0.05, 0) is 68.3 Å². The van der Waals surface area contributed by atoms with Crippen LogP contribution in [0.2, 0.25) is 0 Å². The summed E-state index contributed by atoms with van der Waals surface area (Å²) in [6, 6.07) is 13.8. The zero-order valence-corrected chi connectivity index (χ0v) is 18.4. The van der Waals surface area contributed by atoms with Gasteiger partial charge in [-0.15, -0.1) is 11.8 Å². The van der Waals surface area contributed by atoms with Gasteiger partial charge in [-0.25, -0.2) is 0 Å². The smallest absolute Gasteiger partial charge is 0.307 e. The van der Waals surface area contributed by atoms with Gasteiger partial charge in [-0.2, -0.15) is 0 Å². The van der Waals surface area contributed by atoms with Gasteiger partial charge in [0.05, 0.1) is 17.6 Å². The second kappa shape index (κ2) is 10.8. The van der Waals surface area contributed by atoms with Crippen molar-refractivity contribution in [1.29, 1.82) is 0 Å². The Kier molecular flexibility index (Phi) is 7.83. The Morgan fingerprint density at radius 3 is 2.03 bits per heavy atom. The molecular weight excluding hydrogens is 428 g/mol. The van der Waals surface area contributed by atoms with Gasteiger partial charge in [-0.1, -0.05) is 12.2 Å². The van der Waals surface area contributed by atoms with E-state index in [1.807, 2.05) is 6.08 Å². The largest absolute Gasteiger partial charge is 0.481 e. The number of rotatable bonds is 8. The van der Waals surface area contributed by atoms with Crippen LogP contribution in [-0.4, -0.2) is 34.4 Å². The van der Waals surface area contributed by atoms with Crippen molar-refractivity contribution in [2.45, 2.75) is 24.7 Å². The number of anilines is 2. The summed E-state index contributed by atoms with van der Waals surface area (Å²) >= 11 is 1.35. The maximum atomic E-state index is 12.5. The molecule has 0 fully saturated rings. The number of benzene rings is 2. The lowest BCUT2D eigenvalue weighted by molar-refractivity contribution is -0.146. The van der Waals surface area contributed by atoms with Crippen molar-refractivity contribution in [1.82, 2.24) is 0 Å². The first-order chi connectivity index (χ1) is 15.3. The summed E-state index contributed by atoms with van der Waals surface area (Å²) in [4.78, 5) is 48.2. The molecule has 8 heteroatoms. The van der Waals surface area contributed by atoms with Crippen molar-refractivity contribution in [3.63, 3.8) is 0 Å². The third-order valence-electron chi connectivity index (χ3n) is 5.15. The van der Waals surface area contributed by atoms with Gasteiger partial charge in [0.25, 0.3) is 0 Å². The first-order valence-corrected chi connectivity index (χ1v) is 11.1. The van der Waals surface area contributed by atoms with Crippen molar-refractivity contribution in [2.75, 3.05) is 16.4 Å². The van der Waals surface area contributed by atoms with Crippen LogP contribution in [-0.2, 0) is 14.4 Å². The Morgan fingerprint density at radius 1 is 0.875 bits per heavy atom. The van der Waals surface area contributed by atoms with E-state index in [9.17, 15) is 24.3 Å². The molecule has 1 aliphatic rings. The zero-order chi connectivity index (χ0) is 23.1. The van der Waals surface area contributed by atoms with Gasteiger partial charge >= 0.3 is 5.97 Å². The number of Topliss-reactive ketones (excluding diaryl/α,β-unsaturated/α-hetero) is 1. The molecule has 0 aromatic heterocycles. The van der Waals surface area contributed by atoms with Crippen LogP contribution in [0.1, 0.15) is 30.1 Å². The molecule has 2 unspecified atom stereocenters. The number of amides is 2. The molecule has 0 heterocycles. The van der Waals surface area contributed by atoms with Crippen LogP contribution in [0, 0.1) is 11.8 Å². The normalized spacial score (nSPS) is 17.4. The van der Waals surface area contributed by atoms with Crippen molar-refractivity contribution >= 4 is 46.7 Å². The maximum absolute atomic E-state index is 12.5. The summed E-state index contributed by atoms with van der Waals surface area (Å²) in [5.74, 6) is -2.59. The van der Waals surface area contributed by atoms with E-state index in [0.29, 0.717) is 29.8 Å². The highest BCUT2D eigenvalue weighted by Gasteiger charge is 2.33. The predicted molar refractivity (Wildman–Crippen MR) is 124 cm³/mol. The summed E-state index contributed by atoms with van der Waals surface area (Å²) < 4.78 is 0. The van der Waals surface area contributed by atoms with Crippen LogP contribution < -0.4 is 10.6 Å². The number of carbonyl (C=O) groups is 4. The zero-order valence-electron chi connectivity index (χ0n) is 17.5. The highest BCUT2D eigenvalue weighted by molar-refractivity contribution is 8.00. The Morgan fingerprint density at radius 2 is 1.44 bits per heavy atom. The number of carboxylic acid groups (broad SMARTS) is 1.